The number of benzene rings is 1. The Morgan fingerprint density at radius 3 is 2.21 bits per heavy atom. The van der Waals surface area contributed by atoms with Crippen molar-refractivity contribution in [2.75, 3.05) is 27.2 Å². The molecule has 1 aromatic carbocycles. The standard InChI is InChI=1S/C15H21F3N4O.HI/c1-4-19-14(21-10-13(23)22(2)3)20-9-11-5-7-12(8-6-11)15(16,17)18;/h5-8H,4,9-10H2,1-3H3,(H2,19,20,21);1H. The minimum absolute atomic E-state index is 0. The van der Waals surface area contributed by atoms with Gasteiger partial charge in [0.25, 0.3) is 0 Å². The summed E-state index contributed by atoms with van der Waals surface area (Å²) in [5.74, 6) is 0.327. The van der Waals surface area contributed by atoms with Gasteiger partial charge in [-0.1, -0.05) is 12.1 Å². The summed E-state index contributed by atoms with van der Waals surface area (Å²) in [5.41, 5.74) is -0.0408. The predicted molar refractivity (Wildman–Crippen MR) is 98.4 cm³/mol. The van der Waals surface area contributed by atoms with Crippen LogP contribution in [0.3, 0.4) is 0 Å². The number of hydrogen-bond donors (Lipinski definition) is 2. The highest BCUT2D eigenvalue weighted by atomic mass is 127. The Hall–Kier alpha value is -1.52. The van der Waals surface area contributed by atoms with Gasteiger partial charge in [-0.05, 0) is 24.6 Å². The predicted octanol–water partition coefficient (Wildman–Crippen LogP) is 2.47. The van der Waals surface area contributed by atoms with Gasteiger partial charge >= 0.3 is 6.18 Å². The van der Waals surface area contributed by atoms with Crippen LogP contribution < -0.4 is 10.6 Å². The first-order chi connectivity index (χ1) is 10.7. The van der Waals surface area contributed by atoms with Crippen molar-refractivity contribution >= 4 is 35.8 Å². The van der Waals surface area contributed by atoms with Crippen LogP contribution in [0.15, 0.2) is 29.3 Å². The van der Waals surface area contributed by atoms with Crippen molar-refractivity contribution in [2.24, 2.45) is 4.99 Å². The number of hydrogen-bond acceptors (Lipinski definition) is 2. The van der Waals surface area contributed by atoms with Gasteiger partial charge in [0.2, 0.25) is 5.91 Å². The van der Waals surface area contributed by atoms with Gasteiger partial charge in [0.1, 0.15) is 0 Å². The van der Waals surface area contributed by atoms with Crippen LogP contribution in [0, 0.1) is 0 Å². The lowest BCUT2D eigenvalue weighted by Crippen LogP contribution is -2.42. The molecule has 0 aliphatic carbocycles. The maximum atomic E-state index is 12.5. The monoisotopic (exact) mass is 458 g/mol. The average molecular weight is 458 g/mol. The first kappa shape index (κ1) is 22.5. The molecule has 0 spiro atoms. The fourth-order valence-corrected chi connectivity index (χ4v) is 1.63. The van der Waals surface area contributed by atoms with E-state index >= 15 is 0 Å². The lowest BCUT2D eigenvalue weighted by Gasteiger charge is -2.14. The number of amides is 1. The smallest absolute Gasteiger partial charge is 0.357 e. The molecule has 0 saturated heterocycles. The highest BCUT2D eigenvalue weighted by Gasteiger charge is 2.29. The van der Waals surface area contributed by atoms with E-state index in [1.54, 1.807) is 14.1 Å². The number of halogens is 4. The highest BCUT2D eigenvalue weighted by Crippen LogP contribution is 2.29. The van der Waals surface area contributed by atoms with Crippen LogP contribution in [-0.2, 0) is 17.5 Å². The zero-order chi connectivity index (χ0) is 17.5. The van der Waals surface area contributed by atoms with Crippen LogP contribution in [-0.4, -0.2) is 44.0 Å². The van der Waals surface area contributed by atoms with Crippen LogP contribution in [0.5, 0.6) is 0 Å². The number of rotatable bonds is 5. The Balaban J connectivity index is 0.00000529. The molecule has 0 radical (unpaired) electrons. The van der Waals surface area contributed by atoms with E-state index in [2.05, 4.69) is 15.6 Å². The molecule has 1 aromatic rings. The number of nitrogens with zero attached hydrogens (tertiary/aromatic N) is 2. The summed E-state index contributed by atoms with van der Waals surface area (Å²) < 4.78 is 37.5. The van der Waals surface area contributed by atoms with Crippen LogP contribution in [0.2, 0.25) is 0 Å². The lowest BCUT2D eigenvalue weighted by molar-refractivity contribution is -0.137. The number of aliphatic imine (C=N–C) groups is 1. The van der Waals surface area contributed by atoms with Crippen molar-refractivity contribution in [1.82, 2.24) is 15.5 Å². The van der Waals surface area contributed by atoms with Gasteiger partial charge < -0.3 is 15.5 Å². The van der Waals surface area contributed by atoms with E-state index < -0.39 is 11.7 Å². The average Bonchev–Trinajstić information content (AvgIpc) is 2.49. The van der Waals surface area contributed by atoms with Crippen LogP contribution in [0.1, 0.15) is 18.1 Å². The second-order valence-corrected chi connectivity index (χ2v) is 5.03. The van der Waals surface area contributed by atoms with E-state index in [-0.39, 0.29) is 43.0 Å². The second-order valence-electron chi connectivity index (χ2n) is 5.03. The maximum Gasteiger partial charge on any atom is 0.416 e. The third-order valence-corrected chi connectivity index (χ3v) is 2.95. The first-order valence-corrected chi connectivity index (χ1v) is 7.12. The van der Waals surface area contributed by atoms with Crippen molar-refractivity contribution in [2.45, 2.75) is 19.6 Å². The number of carbonyl (C=O) groups excluding carboxylic acids is 1. The van der Waals surface area contributed by atoms with E-state index in [9.17, 15) is 18.0 Å². The van der Waals surface area contributed by atoms with Crippen molar-refractivity contribution < 1.29 is 18.0 Å². The molecule has 2 N–H and O–H groups in total. The molecule has 0 aliphatic rings. The minimum atomic E-state index is -4.34. The maximum absolute atomic E-state index is 12.5. The van der Waals surface area contributed by atoms with E-state index in [0.717, 1.165) is 12.1 Å². The number of likely N-dealkylation sites (N-methyl/N-ethyl adjacent to an activating group) is 1. The SMILES string of the molecule is CCNC(=NCc1ccc(C(F)(F)F)cc1)NCC(=O)N(C)C.I. The Bertz CT molecular complexity index is 545. The van der Waals surface area contributed by atoms with E-state index in [1.807, 2.05) is 6.92 Å². The Morgan fingerprint density at radius 2 is 1.75 bits per heavy atom. The van der Waals surface area contributed by atoms with E-state index in [4.69, 9.17) is 0 Å². The van der Waals surface area contributed by atoms with Gasteiger partial charge in [0, 0.05) is 20.6 Å². The van der Waals surface area contributed by atoms with Crippen molar-refractivity contribution in [3.63, 3.8) is 0 Å². The lowest BCUT2D eigenvalue weighted by atomic mass is 10.1. The summed E-state index contributed by atoms with van der Waals surface area (Å²) in [5, 5.41) is 5.85. The quantitative estimate of drug-likeness (QED) is 0.405. The molecule has 0 heterocycles. The number of alkyl halides is 3. The molecule has 0 aromatic heterocycles. The van der Waals surface area contributed by atoms with Gasteiger partial charge in [-0.2, -0.15) is 13.2 Å². The number of nitrogens with one attached hydrogen (secondary N) is 2. The summed E-state index contributed by atoms with van der Waals surface area (Å²) in [6, 6.07) is 4.84. The molecule has 0 atom stereocenters. The zero-order valence-electron chi connectivity index (χ0n) is 13.8. The molecule has 1 amide bonds. The van der Waals surface area contributed by atoms with Gasteiger partial charge in [0.15, 0.2) is 5.96 Å². The molecular formula is C15H22F3IN4O. The molecule has 1 rings (SSSR count). The molecule has 24 heavy (non-hydrogen) atoms. The fraction of sp³-hybridized carbons (Fsp3) is 0.467. The minimum Gasteiger partial charge on any atom is -0.357 e. The number of guanidine groups is 1. The molecule has 5 nitrogen and oxygen atoms in total. The van der Waals surface area contributed by atoms with E-state index in [1.165, 1.54) is 17.0 Å². The largest absolute Gasteiger partial charge is 0.416 e. The molecule has 0 bridgehead atoms. The summed E-state index contributed by atoms with van der Waals surface area (Å²) >= 11 is 0. The molecule has 0 fully saturated rings. The summed E-state index contributed by atoms with van der Waals surface area (Å²) in [6.07, 6.45) is -4.34. The Labute approximate surface area is 156 Å². The Kier molecular flexibility index (Phi) is 9.71. The molecule has 136 valence electrons. The van der Waals surface area contributed by atoms with E-state index in [0.29, 0.717) is 18.1 Å². The summed E-state index contributed by atoms with van der Waals surface area (Å²) in [4.78, 5) is 17.2. The van der Waals surface area contributed by atoms with Gasteiger partial charge in [-0.15, -0.1) is 24.0 Å². The fourth-order valence-electron chi connectivity index (χ4n) is 1.63. The van der Waals surface area contributed by atoms with Gasteiger partial charge in [-0.3, -0.25) is 4.79 Å². The summed E-state index contributed by atoms with van der Waals surface area (Å²) in [7, 11) is 3.30. The molecule has 9 heteroatoms. The highest BCUT2D eigenvalue weighted by molar-refractivity contribution is 14.0. The topological polar surface area (TPSA) is 56.7 Å². The third kappa shape index (κ3) is 7.84. The van der Waals surface area contributed by atoms with Crippen LogP contribution in [0.4, 0.5) is 13.2 Å². The zero-order valence-corrected chi connectivity index (χ0v) is 16.1. The van der Waals surface area contributed by atoms with Gasteiger partial charge in [-0.25, -0.2) is 4.99 Å². The second kappa shape index (κ2) is 10.4. The molecule has 0 unspecified atom stereocenters. The molecule has 0 saturated carbocycles. The van der Waals surface area contributed by atoms with Gasteiger partial charge in [0.05, 0.1) is 18.7 Å². The molecular weight excluding hydrogens is 436 g/mol. The van der Waals surface area contributed by atoms with Crippen molar-refractivity contribution in [3.05, 3.63) is 35.4 Å². The number of carbonyl (C=O) groups is 1. The van der Waals surface area contributed by atoms with Crippen LogP contribution in [0.25, 0.3) is 0 Å². The van der Waals surface area contributed by atoms with Crippen LogP contribution >= 0.6 is 24.0 Å². The Morgan fingerprint density at radius 1 is 1.17 bits per heavy atom. The summed E-state index contributed by atoms with van der Waals surface area (Å²) in [6.45, 7) is 2.79. The third-order valence-electron chi connectivity index (χ3n) is 2.95. The normalized spacial score (nSPS) is 11.5. The molecule has 0 aliphatic heterocycles. The first-order valence-electron chi connectivity index (χ1n) is 7.12. The van der Waals surface area contributed by atoms with Crippen molar-refractivity contribution in [1.29, 1.82) is 0 Å². The van der Waals surface area contributed by atoms with Crippen molar-refractivity contribution in [3.8, 4) is 0 Å².